The van der Waals surface area contributed by atoms with Gasteiger partial charge in [0.05, 0.1) is 13.2 Å². The fourth-order valence-corrected chi connectivity index (χ4v) is 2.42. The van der Waals surface area contributed by atoms with Gasteiger partial charge in [-0.3, -0.25) is 14.5 Å². The number of nitrogens with one attached hydrogen (secondary N) is 2. The molecule has 0 aliphatic carbocycles. The van der Waals surface area contributed by atoms with Crippen molar-refractivity contribution in [1.29, 1.82) is 0 Å². The highest BCUT2D eigenvalue weighted by Crippen LogP contribution is 2.13. The lowest BCUT2D eigenvalue weighted by Crippen LogP contribution is -2.44. The summed E-state index contributed by atoms with van der Waals surface area (Å²) in [6.07, 6.45) is 0. The number of hydrogen-bond acceptors (Lipinski definition) is 4. The van der Waals surface area contributed by atoms with E-state index in [1.165, 1.54) is 4.90 Å². The van der Waals surface area contributed by atoms with Crippen molar-refractivity contribution in [2.45, 2.75) is 13.8 Å². The Kier molecular flexibility index (Phi) is 7.37. The maximum absolute atomic E-state index is 12.6. The summed E-state index contributed by atoms with van der Waals surface area (Å²) in [6, 6.07) is 15.6. The molecule has 0 saturated carbocycles. The van der Waals surface area contributed by atoms with Crippen molar-refractivity contribution < 1.29 is 19.1 Å². The van der Waals surface area contributed by atoms with Crippen LogP contribution in [-0.2, 0) is 14.3 Å². The Morgan fingerprint density at radius 1 is 1.04 bits per heavy atom. The predicted molar refractivity (Wildman–Crippen MR) is 104 cm³/mol. The fourth-order valence-electron chi connectivity index (χ4n) is 2.42. The number of hydrogen-bond donors (Lipinski definition) is 2. The molecule has 2 N–H and O–H groups in total. The summed E-state index contributed by atoms with van der Waals surface area (Å²) in [4.78, 5) is 37.7. The number of nitrogens with zero attached hydrogens (tertiary/aromatic N) is 1. The Morgan fingerprint density at radius 2 is 1.78 bits per heavy atom. The minimum atomic E-state index is -0.515. The van der Waals surface area contributed by atoms with Gasteiger partial charge in [0.1, 0.15) is 6.54 Å². The van der Waals surface area contributed by atoms with Crippen molar-refractivity contribution in [3.8, 4) is 0 Å². The molecule has 2 aromatic rings. The first kappa shape index (κ1) is 20.0. The molecule has 0 radical (unpaired) electrons. The van der Waals surface area contributed by atoms with Gasteiger partial charge in [0, 0.05) is 11.4 Å². The number of amides is 3. The van der Waals surface area contributed by atoms with Crippen LogP contribution in [0.5, 0.6) is 0 Å². The van der Waals surface area contributed by atoms with E-state index in [-0.39, 0.29) is 19.7 Å². The van der Waals surface area contributed by atoms with Gasteiger partial charge in [-0.1, -0.05) is 30.3 Å². The molecule has 0 heterocycles. The highest BCUT2D eigenvalue weighted by molar-refractivity contribution is 6.01. The lowest BCUT2D eigenvalue weighted by molar-refractivity contribution is -0.142. The van der Waals surface area contributed by atoms with Crippen LogP contribution in [-0.4, -0.2) is 37.6 Å². The molecule has 7 nitrogen and oxygen atoms in total. The quantitative estimate of drug-likeness (QED) is 0.735. The molecule has 0 bridgehead atoms. The van der Waals surface area contributed by atoms with E-state index in [9.17, 15) is 14.4 Å². The van der Waals surface area contributed by atoms with Crippen LogP contribution in [0.3, 0.4) is 0 Å². The lowest BCUT2D eigenvalue weighted by Gasteiger charge is -2.22. The molecule has 27 heavy (non-hydrogen) atoms. The third kappa shape index (κ3) is 6.47. The number of esters is 1. The maximum Gasteiger partial charge on any atom is 0.326 e. The topological polar surface area (TPSA) is 87.7 Å². The summed E-state index contributed by atoms with van der Waals surface area (Å²) in [5.74, 6) is -0.937. The summed E-state index contributed by atoms with van der Waals surface area (Å²) in [6.45, 7) is 3.36. The van der Waals surface area contributed by atoms with E-state index in [1.54, 1.807) is 37.3 Å². The van der Waals surface area contributed by atoms with Crippen LogP contribution in [0.15, 0.2) is 54.6 Å². The van der Waals surface area contributed by atoms with Gasteiger partial charge in [0.25, 0.3) is 0 Å². The molecule has 3 amide bonds. The van der Waals surface area contributed by atoms with Crippen LogP contribution < -0.4 is 15.5 Å². The van der Waals surface area contributed by atoms with Gasteiger partial charge in [-0.15, -0.1) is 0 Å². The molecule has 2 rings (SSSR count). The third-order valence-corrected chi connectivity index (χ3v) is 3.64. The van der Waals surface area contributed by atoms with Crippen molar-refractivity contribution >= 4 is 29.3 Å². The van der Waals surface area contributed by atoms with Crippen molar-refractivity contribution in [2.75, 3.05) is 29.9 Å². The van der Waals surface area contributed by atoms with Crippen LogP contribution in [0, 0.1) is 6.92 Å². The van der Waals surface area contributed by atoms with Gasteiger partial charge in [0.15, 0.2) is 0 Å². The largest absolute Gasteiger partial charge is 0.465 e. The molecule has 0 aliphatic heterocycles. The van der Waals surface area contributed by atoms with Crippen molar-refractivity contribution in [3.63, 3.8) is 0 Å². The molecule has 0 unspecified atom stereocenters. The molecule has 0 fully saturated rings. The number of urea groups is 1. The fraction of sp³-hybridized carbons (Fsp3) is 0.250. The van der Waals surface area contributed by atoms with Gasteiger partial charge in [-0.2, -0.15) is 0 Å². The van der Waals surface area contributed by atoms with E-state index < -0.39 is 17.9 Å². The van der Waals surface area contributed by atoms with E-state index in [2.05, 4.69) is 10.6 Å². The molecule has 2 aromatic carbocycles. The van der Waals surface area contributed by atoms with Crippen molar-refractivity contribution in [1.82, 2.24) is 5.32 Å². The number of carbonyl (C=O) groups excluding carboxylic acids is 3. The molecule has 7 heteroatoms. The zero-order valence-electron chi connectivity index (χ0n) is 15.4. The molecule has 0 spiro atoms. The number of benzene rings is 2. The number of ether oxygens (including phenoxy) is 1. The maximum atomic E-state index is 12.6. The molecule has 0 atom stereocenters. The van der Waals surface area contributed by atoms with Crippen molar-refractivity contribution in [2.24, 2.45) is 0 Å². The smallest absolute Gasteiger partial charge is 0.326 e. The first-order valence-electron chi connectivity index (χ1n) is 8.62. The van der Waals surface area contributed by atoms with Gasteiger partial charge in [-0.05, 0) is 43.7 Å². The zero-order valence-corrected chi connectivity index (χ0v) is 15.4. The predicted octanol–water partition coefficient (Wildman–Crippen LogP) is 2.71. The summed E-state index contributed by atoms with van der Waals surface area (Å²) in [5, 5.41) is 5.18. The Morgan fingerprint density at radius 3 is 2.44 bits per heavy atom. The van der Waals surface area contributed by atoms with Gasteiger partial charge in [0.2, 0.25) is 5.91 Å². The Hall–Kier alpha value is -3.35. The number of rotatable bonds is 7. The van der Waals surface area contributed by atoms with Gasteiger partial charge < -0.3 is 15.4 Å². The van der Waals surface area contributed by atoms with E-state index in [4.69, 9.17) is 4.74 Å². The average Bonchev–Trinajstić information content (AvgIpc) is 2.65. The first-order chi connectivity index (χ1) is 13.0. The normalized spacial score (nSPS) is 10.0. The Balaban J connectivity index is 1.98. The number of para-hydroxylation sites is 1. The number of anilines is 2. The minimum Gasteiger partial charge on any atom is -0.465 e. The number of aryl methyl sites for hydroxylation is 1. The van der Waals surface area contributed by atoms with Crippen LogP contribution in [0.2, 0.25) is 0 Å². The van der Waals surface area contributed by atoms with Crippen LogP contribution in [0.4, 0.5) is 16.2 Å². The number of carbonyl (C=O) groups is 3. The molecule has 0 aromatic heterocycles. The Labute approximate surface area is 158 Å². The average molecular weight is 369 g/mol. The highest BCUT2D eigenvalue weighted by atomic mass is 16.5. The Bertz CT molecular complexity index is 793. The van der Waals surface area contributed by atoms with E-state index >= 15 is 0 Å². The minimum absolute atomic E-state index is 0.224. The summed E-state index contributed by atoms with van der Waals surface area (Å²) in [7, 11) is 0. The molecule has 142 valence electrons. The summed E-state index contributed by atoms with van der Waals surface area (Å²) in [5.41, 5.74) is 2.19. The zero-order chi connectivity index (χ0) is 19.6. The van der Waals surface area contributed by atoms with Gasteiger partial charge in [-0.25, -0.2) is 4.79 Å². The molecular formula is C20H23N3O4. The third-order valence-electron chi connectivity index (χ3n) is 3.64. The van der Waals surface area contributed by atoms with E-state index in [0.717, 1.165) is 5.56 Å². The standard InChI is InChI=1S/C20H23N3O4/c1-3-27-19(25)14-23(17-10-5-4-6-11-17)18(24)13-21-20(26)22-16-9-7-8-15(2)12-16/h4-12H,3,13-14H2,1-2H3,(H2,21,22,26). The molecular weight excluding hydrogens is 346 g/mol. The second-order valence-corrected chi connectivity index (χ2v) is 5.80. The highest BCUT2D eigenvalue weighted by Gasteiger charge is 2.20. The van der Waals surface area contributed by atoms with E-state index in [0.29, 0.717) is 11.4 Å². The van der Waals surface area contributed by atoms with Crippen LogP contribution in [0.25, 0.3) is 0 Å². The SMILES string of the molecule is CCOC(=O)CN(C(=O)CNC(=O)Nc1cccc(C)c1)c1ccccc1. The summed E-state index contributed by atoms with van der Waals surface area (Å²) >= 11 is 0. The van der Waals surface area contributed by atoms with E-state index in [1.807, 2.05) is 31.2 Å². The van der Waals surface area contributed by atoms with Crippen LogP contribution >= 0.6 is 0 Å². The monoisotopic (exact) mass is 369 g/mol. The van der Waals surface area contributed by atoms with Crippen molar-refractivity contribution in [3.05, 3.63) is 60.2 Å². The molecule has 0 saturated heterocycles. The second kappa shape index (κ2) is 9.96. The lowest BCUT2D eigenvalue weighted by atomic mass is 10.2. The van der Waals surface area contributed by atoms with Gasteiger partial charge >= 0.3 is 12.0 Å². The second-order valence-electron chi connectivity index (χ2n) is 5.80. The summed E-state index contributed by atoms with van der Waals surface area (Å²) < 4.78 is 4.93. The van der Waals surface area contributed by atoms with Crippen LogP contribution in [0.1, 0.15) is 12.5 Å². The first-order valence-corrected chi connectivity index (χ1v) is 8.62. The molecule has 0 aliphatic rings.